The van der Waals surface area contributed by atoms with Crippen molar-refractivity contribution in [2.45, 2.75) is 6.92 Å². The van der Waals surface area contributed by atoms with Crippen LogP contribution in [0.3, 0.4) is 0 Å². The van der Waals surface area contributed by atoms with E-state index in [4.69, 9.17) is 11.6 Å². The van der Waals surface area contributed by atoms with E-state index in [1.165, 1.54) is 17.4 Å². The predicted octanol–water partition coefficient (Wildman–Crippen LogP) is 4.83. The highest BCUT2D eigenvalue weighted by Gasteiger charge is 2.11. The lowest BCUT2D eigenvalue weighted by molar-refractivity contribution is 0.618. The average molecular weight is 278 g/mol. The molecule has 0 saturated carbocycles. The second-order valence-electron chi connectivity index (χ2n) is 3.74. The molecular formula is C14H9ClFNS. The summed E-state index contributed by atoms with van der Waals surface area (Å²) in [7, 11) is 0. The smallest absolute Gasteiger partial charge is 0.126 e. The van der Waals surface area contributed by atoms with E-state index in [1.54, 1.807) is 19.1 Å². The van der Waals surface area contributed by atoms with Gasteiger partial charge in [0.15, 0.2) is 0 Å². The van der Waals surface area contributed by atoms with E-state index in [-0.39, 0.29) is 5.82 Å². The molecule has 2 rings (SSSR count). The molecule has 0 radical (unpaired) electrons. The van der Waals surface area contributed by atoms with Crippen LogP contribution in [0.4, 0.5) is 4.39 Å². The van der Waals surface area contributed by atoms with Crippen molar-refractivity contribution in [3.05, 3.63) is 57.5 Å². The van der Waals surface area contributed by atoms with Gasteiger partial charge in [-0.25, -0.2) is 4.39 Å². The number of hydrogen-bond donors (Lipinski definition) is 0. The minimum Gasteiger partial charge on any atom is -0.207 e. The van der Waals surface area contributed by atoms with Crippen LogP contribution in [-0.2, 0) is 0 Å². The third-order valence-corrected chi connectivity index (χ3v) is 3.80. The van der Waals surface area contributed by atoms with Gasteiger partial charge in [0, 0.05) is 4.88 Å². The highest BCUT2D eigenvalue weighted by Crippen LogP contribution is 2.32. The van der Waals surface area contributed by atoms with Crippen molar-refractivity contribution in [1.82, 2.24) is 0 Å². The topological polar surface area (TPSA) is 23.8 Å². The molecule has 2 aromatic rings. The summed E-state index contributed by atoms with van der Waals surface area (Å²) in [5.41, 5.74) is 1.58. The Labute approximate surface area is 114 Å². The Bertz CT molecular complexity index is 638. The van der Waals surface area contributed by atoms with Crippen molar-refractivity contribution in [1.29, 1.82) is 5.26 Å². The number of aryl methyl sites for hydroxylation is 1. The molecule has 0 spiro atoms. The number of nitriles is 1. The van der Waals surface area contributed by atoms with Gasteiger partial charge in [0.25, 0.3) is 0 Å². The predicted molar refractivity (Wildman–Crippen MR) is 73.7 cm³/mol. The van der Waals surface area contributed by atoms with Gasteiger partial charge in [-0.15, -0.1) is 11.3 Å². The standard InChI is InChI=1S/C14H9ClFNS/c1-9-7-10(4-5-12(9)16)14(15)11(8-17)13-3-2-6-18-13/h2-7H,1H3/b14-11+. The molecule has 90 valence electrons. The van der Waals surface area contributed by atoms with Crippen LogP contribution in [0, 0.1) is 24.1 Å². The van der Waals surface area contributed by atoms with E-state index < -0.39 is 0 Å². The molecule has 18 heavy (non-hydrogen) atoms. The summed E-state index contributed by atoms with van der Waals surface area (Å²) in [6, 6.07) is 10.4. The molecule has 0 aliphatic rings. The molecule has 0 N–H and O–H groups in total. The van der Waals surface area contributed by atoms with Gasteiger partial charge in [0.2, 0.25) is 0 Å². The zero-order valence-electron chi connectivity index (χ0n) is 9.58. The van der Waals surface area contributed by atoms with E-state index in [9.17, 15) is 9.65 Å². The minimum atomic E-state index is -0.280. The van der Waals surface area contributed by atoms with Gasteiger partial charge in [0.1, 0.15) is 11.9 Å². The Balaban J connectivity index is 2.54. The number of thiophene rings is 1. The zero-order chi connectivity index (χ0) is 13.1. The number of allylic oxidation sites excluding steroid dienone is 1. The third kappa shape index (κ3) is 2.45. The maximum Gasteiger partial charge on any atom is 0.126 e. The maximum atomic E-state index is 13.2. The first-order valence-corrected chi connectivity index (χ1v) is 6.49. The van der Waals surface area contributed by atoms with Gasteiger partial charge >= 0.3 is 0 Å². The molecule has 0 fully saturated rings. The molecule has 4 heteroatoms. The molecule has 1 heterocycles. The number of nitrogens with zero attached hydrogens (tertiary/aromatic N) is 1. The van der Waals surface area contributed by atoms with E-state index >= 15 is 0 Å². The van der Waals surface area contributed by atoms with Crippen molar-refractivity contribution in [3.63, 3.8) is 0 Å². The lowest BCUT2D eigenvalue weighted by atomic mass is 10.1. The van der Waals surface area contributed by atoms with Crippen LogP contribution in [0.2, 0.25) is 0 Å². The second-order valence-corrected chi connectivity index (χ2v) is 5.07. The highest BCUT2D eigenvalue weighted by atomic mass is 35.5. The van der Waals surface area contributed by atoms with Crippen LogP contribution in [0.25, 0.3) is 10.6 Å². The summed E-state index contributed by atoms with van der Waals surface area (Å²) in [5.74, 6) is -0.280. The quantitative estimate of drug-likeness (QED) is 0.722. The SMILES string of the molecule is Cc1cc(/C(Cl)=C(/C#N)c2cccs2)ccc1F. The van der Waals surface area contributed by atoms with Gasteiger partial charge in [-0.3, -0.25) is 0 Å². The van der Waals surface area contributed by atoms with Crippen LogP contribution in [0.5, 0.6) is 0 Å². The summed E-state index contributed by atoms with van der Waals surface area (Å²) in [5, 5.41) is 11.4. The third-order valence-electron chi connectivity index (χ3n) is 2.51. The van der Waals surface area contributed by atoms with Crippen LogP contribution in [0.1, 0.15) is 16.0 Å². The lowest BCUT2D eigenvalue weighted by Crippen LogP contribution is -1.87. The Morgan fingerprint density at radius 3 is 2.72 bits per heavy atom. The Morgan fingerprint density at radius 2 is 2.17 bits per heavy atom. The van der Waals surface area contributed by atoms with Crippen LogP contribution < -0.4 is 0 Å². The van der Waals surface area contributed by atoms with Crippen molar-refractivity contribution >= 4 is 33.5 Å². The molecule has 1 aromatic carbocycles. The number of benzene rings is 1. The van der Waals surface area contributed by atoms with Gasteiger partial charge in [-0.05, 0) is 41.6 Å². The summed E-state index contributed by atoms with van der Waals surface area (Å²) < 4.78 is 13.2. The van der Waals surface area contributed by atoms with Crippen LogP contribution in [0.15, 0.2) is 35.7 Å². The maximum absolute atomic E-state index is 13.2. The minimum absolute atomic E-state index is 0.280. The molecule has 1 nitrogen and oxygen atoms in total. The van der Waals surface area contributed by atoms with E-state index in [0.717, 1.165) is 4.88 Å². The van der Waals surface area contributed by atoms with Crippen molar-refractivity contribution in [2.24, 2.45) is 0 Å². The summed E-state index contributed by atoms with van der Waals surface area (Å²) >= 11 is 7.68. The van der Waals surface area contributed by atoms with E-state index in [0.29, 0.717) is 21.7 Å². The lowest BCUT2D eigenvalue weighted by Gasteiger charge is -2.04. The molecular weight excluding hydrogens is 269 g/mol. The van der Waals surface area contributed by atoms with Crippen molar-refractivity contribution in [2.75, 3.05) is 0 Å². The summed E-state index contributed by atoms with van der Waals surface area (Å²) in [4.78, 5) is 0.810. The van der Waals surface area contributed by atoms with Gasteiger partial charge < -0.3 is 0 Å². The number of hydrogen-bond acceptors (Lipinski definition) is 2. The van der Waals surface area contributed by atoms with E-state index in [1.807, 2.05) is 17.5 Å². The first-order valence-electron chi connectivity index (χ1n) is 5.23. The normalized spacial score (nSPS) is 11.9. The molecule has 0 aliphatic heterocycles. The summed E-state index contributed by atoms with van der Waals surface area (Å²) in [6.45, 7) is 1.67. The molecule has 0 aliphatic carbocycles. The Morgan fingerprint density at radius 1 is 1.39 bits per heavy atom. The fraction of sp³-hybridized carbons (Fsp3) is 0.0714. The molecule has 0 bridgehead atoms. The first kappa shape index (κ1) is 12.8. The molecule has 0 atom stereocenters. The van der Waals surface area contributed by atoms with Gasteiger partial charge in [-0.1, -0.05) is 23.7 Å². The Hall–Kier alpha value is -1.63. The number of halogens is 2. The molecule has 0 saturated heterocycles. The highest BCUT2D eigenvalue weighted by molar-refractivity contribution is 7.11. The molecule has 1 aromatic heterocycles. The van der Waals surface area contributed by atoms with Gasteiger partial charge in [-0.2, -0.15) is 5.26 Å². The van der Waals surface area contributed by atoms with Crippen molar-refractivity contribution < 1.29 is 4.39 Å². The first-order chi connectivity index (χ1) is 8.63. The fourth-order valence-corrected chi connectivity index (χ4v) is 2.60. The summed E-state index contributed by atoms with van der Waals surface area (Å²) in [6.07, 6.45) is 0. The largest absolute Gasteiger partial charge is 0.207 e. The second kappa shape index (κ2) is 5.34. The van der Waals surface area contributed by atoms with Crippen molar-refractivity contribution in [3.8, 4) is 6.07 Å². The Kier molecular flexibility index (Phi) is 3.81. The average Bonchev–Trinajstić information content (AvgIpc) is 2.87. The monoisotopic (exact) mass is 277 g/mol. The van der Waals surface area contributed by atoms with Crippen LogP contribution in [-0.4, -0.2) is 0 Å². The number of rotatable bonds is 2. The zero-order valence-corrected chi connectivity index (χ0v) is 11.1. The fourth-order valence-electron chi connectivity index (χ4n) is 1.56. The van der Waals surface area contributed by atoms with Crippen LogP contribution >= 0.6 is 22.9 Å². The van der Waals surface area contributed by atoms with E-state index in [2.05, 4.69) is 6.07 Å². The van der Waals surface area contributed by atoms with Gasteiger partial charge in [0.05, 0.1) is 10.6 Å². The molecule has 0 amide bonds. The molecule has 0 unspecified atom stereocenters.